The first-order chi connectivity index (χ1) is 11.4. The van der Waals surface area contributed by atoms with Gasteiger partial charge in [0.1, 0.15) is 5.75 Å². The predicted octanol–water partition coefficient (Wildman–Crippen LogP) is 2.95. The Morgan fingerprint density at radius 1 is 1.21 bits per heavy atom. The van der Waals surface area contributed by atoms with Gasteiger partial charge in [0.05, 0.1) is 24.9 Å². The Balaban J connectivity index is 2.21. The molecule has 1 saturated heterocycles. The third kappa shape index (κ3) is 2.90. The number of anilines is 1. The number of amides is 1. The van der Waals surface area contributed by atoms with Crippen molar-refractivity contribution in [2.45, 2.75) is 26.7 Å². The van der Waals surface area contributed by atoms with Gasteiger partial charge in [-0.1, -0.05) is 13.8 Å². The van der Waals surface area contributed by atoms with Crippen LogP contribution in [0.3, 0.4) is 0 Å². The van der Waals surface area contributed by atoms with Crippen LogP contribution in [-0.4, -0.2) is 49.6 Å². The topological polar surface area (TPSA) is 45.7 Å². The number of methoxy groups -OCH3 is 1. The first-order valence-corrected chi connectivity index (χ1v) is 8.39. The van der Waals surface area contributed by atoms with Crippen LogP contribution in [-0.2, 0) is 4.79 Å². The lowest BCUT2D eigenvalue weighted by Gasteiger charge is -2.34. The normalized spacial score (nSPS) is 15.5. The number of aromatic nitrogens is 1. The number of hydrogen-bond acceptors (Lipinski definition) is 4. The summed E-state index contributed by atoms with van der Waals surface area (Å²) in [5, 5.41) is 1.11. The van der Waals surface area contributed by atoms with Crippen molar-refractivity contribution in [3.05, 3.63) is 29.5 Å². The molecule has 5 nitrogen and oxygen atoms in total. The van der Waals surface area contributed by atoms with Crippen LogP contribution in [0.4, 0.5) is 5.69 Å². The number of fused-ring (bicyclic) bond motifs is 1. The van der Waals surface area contributed by atoms with E-state index in [1.54, 1.807) is 12.0 Å². The summed E-state index contributed by atoms with van der Waals surface area (Å²) < 4.78 is 5.52. The number of rotatable bonds is 3. The molecule has 1 aromatic heterocycles. The average Bonchev–Trinajstić information content (AvgIpc) is 2.55. The molecule has 0 bridgehead atoms. The third-order valence-electron chi connectivity index (χ3n) is 4.68. The summed E-state index contributed by atoms with van der Waals surface area (Å²) in [5.74, 6) is 1.33. The zero-order valence-corrected chi connectivity index (χ0v) is 15.1. The minimum Gasteiger partial charge on any atom is -0.497 e. The molecule has 0 unspecified atom stereocenters. The standard InChI is InChI=1S/C19H25N3O2/c1-12(2)15-8-13(3)20-19-16(15)9-14(24-5)10-17(19)22-7-6-21(4)18(23)11-22/h8-10,12H,6-7,11H2,1-5H3. The number of benzene rings is 1. The molecule has 2 aromatic rings. The number of carbonyl (C=O) groups excluding carboxylic acids is 1. The highest BCUT2D eigenvalue weighted by Gasteiger charge is 2.24. The molecule has 0 atom stereocenters. The Labute approximate surface area is 143 Å². The molecule has 1 fully saturated rings. The van der Waals surface area contributed by atoms with Crippen LogP contribution in [0.5, 0.6) is 5.75 Å². The molecule has 0 N–H and O–H groups in total. The molecule has 2 heterocycles. The van der Waals surface area contributed by atoms with E-state index in [0.717, 1.165) is 41.1 Å². The summed E-state index contributed by atoms with van der Waals surface area (Å²) in [6.45, 7) is 8.30. The highest BCUT2D eigenvalue weighted by molar-refractivity contribution is 5.96. The van der Waals surface area contributed by atoms with E-state index in [4.69, 9.17) is 9.72 Å². The fourth-order valence-electron chi connectivity index (χ4n) is 3.24. The predicted molar refractivity (Wildman–Crippen MR) is 97.0 cm³/mol. The van der Waals surface area contributed by atoms with Crippen molar-refractivity contribution in [3.63, 3.8) is 0 Å². The monoisotopic (exact) mass is 327 g/mol. The van der Waals surface area contributed by atoms with Gasteiger partial charge in [0.25, 0.3) is 0 Å². The second-order valence-corrected chi connectivity index (χ2v) is 6.79. The van der Waals surface area contributed by atoms with Crippen molar-refractivity contribution in [2.24, 2.45) is 0 Å². The Hall–Kier alpha value is -2.30. The fraction of sp³-hybridized carbons (Fsp3) is 0.474. The van der Waals surface area contributed by atoms with E-state index < -0.39 is 0 Å². The number of hydrogen-bond donors (Lipinski definition) is 0. The number of ether oxygens (including phenoxy) is 1. The van der Waals surface area contributed by atoms with E-state index in [1.807, 2.05) is 20.0 Å². The summed E-state index contributed by atoms with van der Waals surface area (Å²) in [4.78, 5) is 20.8. The van der Waals surface area contributed by atoms with Crippen LogP contribution >= 0.6 is 0 Å². The molecule has 3 rings (SSSR count). The first-order valence-electron chi connectivity index (χ1n) is 8.39. The zero-order chi connectivity index (χ0) is 17.4. The van der Waals surface area contributed by atoms with Crippen LogP contribution in [0.1, 0.15) is 31.0 Å². The number of piperazine rings is 1. The summed E-state index contributed by atoms with van der Waals surface area (Å²) >= 11 is 0. The summed E-state index contributed by atoms with van der Waals surface area (Å²) in [6.07, 6.45) is 0. The van der Waals surface area contributed by atoms with Gasteiger partial charge in [0.2, 0.25) is 5.91 Å². The summed E-state index contributed by atoms with van der Waals surface area (Å²) in [5.41, 5.74) is 4.20. The first kappa shape index (κ1) is 16.6. The molecule has 1 aliphatic rings. The van der Waals surface area contributed by atoms with Crippen molar-refractivity contribution < 1.29 is 9.53 Å². The maximum absolute atomic E-state index is 12.1. The van der Waals surface area contributed by atoms with Gasteiger partial charge >= 0.3 is 0 Å². The minimum absolute atomic E-state index is 0.133. The lowest BCUT2D eigenvalue weighted by Crippen LogP contribution is -2.48. The lowest BCUT2D eigenvalue weighted by molar-refractivity contribution is -0.129. The zero-order valence-electron chi connectivity index (χ0n) is 15.1. The maximum atomic E-state index is 12.1. The van der Waals surface area contributed by atoms with Gasteiger partial charge in [-0.25, -0.2) is 0 Å². The fourth-order valence-corrected chi connectivity index (χ4v) is 3.24. The van der Waals surface area contributed by atoms with E-state index in [-0.39, 0.29) is 5.91 Å². The highest BCUT2D eigenvalue weighted by Crippen LogP contribution is 2.36. The van der Waals surface area contributed by atoms with Crippen molar-refractivity contribution >= 4 is 22.5 Å². The largest absolute Gasteiger partial charge is 0.497 e. The summed E-state index contributed by atoms with van der Waals surface area (Å²) in [6, 6.07) is 6.20. The third-order valence-corrected chi connectivity index (χ3v) is 4.68. The molecule has 0 aliphatic carbocycles. The Bertz CT molecular complexity index is 786. The van der Waals surface area contributed by atoms with E-state index in [1.165, 1.54) is 5.56 Å². The van der Waals surface area contributed by atoms with Crippen molar-refractivity contribution in [1.29, 1.82) is 0 Å². The molecule has 1 amide bonds. The molecule has 0 radical (unpaired) electrons. The molecule has 0 spiro atoms. The number of likely N-dealkylation sites (N-methyl/N-ethyl adjacent to an activating group) is 1. The number of pyridine rings is 1. The quantitative estimate of drug-likeness (QED) is 0.869. The molecule has 128 valence electrons. The molecular weight excluding hydrogens is 302 g/mol. The van der Waals surface area contributed by atoms with Crippen LogP contribution in [0.25, 0.3) is 10.9 Å². The van der Waals surface area contributed by atoms with Gasteiger partial charge in [-0.15, -0.1) is 0 Å². The van der Waals surface area contributed by atoms with Gasteiger partial charge in [-0.3, -0.25) is 9.78 Å². The number of carbonyl (C=O) groups is 1. The minimum atomic E-state index is 0.133. The van der Waals surface area contributed by atoms with Crippen LogP contribution < -0.4 is 9.64 Å². The number of nitrogens with zero attached hydrogens (tertiary/aromatic N) is 3. The Morgan fingerprint density at radius 3 is 2.58 bits per heavy atom. The van der Waals surface area contributed by atoms with Crippen LogP contribution in [0.2, 0.25) is 0 Å². The van der Waals surface area contributed by atoms with Gasteiger partial charge in [-0.05, 0) is 30.5 Å². The van der Waals surface area contributed by atoms with E-state index in [0.29, 0.717) is 12.5 Å². The van der Waals surface area contributed by atoms with Gasteiger partial charge < -0.3 is 14.5 Å². The van der Waals surface area contributed by atoms with Gasteiger partial charge in [0.15, 0.2) is 0 Å². The SMILES string of the molecule is COc1cc(N2CCN(C)C(=O)C2)c2nc(C)cc(C(C)C)c2c1. The van der Waals surface area contributed by atoms with E-state index >= 15 is 0 Å². The van der Waals surface area contributed by atoms with Crippen LogP contribution in [0.15, 0.2) is 18.2 Å². The molecule has 5 heteroatoms. The second kappa shape index (κ2) is 6.30. The molecule has 1 aliphatic heterocycles. The Morgan fingerprint density at radius 2 is 1.96 bits per heavy atom. The van der Waals surface area contributed by atoms with Crippen molar-refractivity contribution in [1.82, 2.24) is 9.88 Å². The molecule has 0 saturated carbocycles. The molecule has 1 aromatic carbocycles. The number of aryl methyl sites for hydroxylation is 1. The highest BCUT2D eigenvalue weighted by atomic mass is 16.5. The Kier molecular flexibility index (Phi) is 4.35. The van der Waals surface area contributed by atoms with E-state index in [9.17, 15) is 4.79 Å². The maximum Gasteiger partial charge on any atom is 0.241 e. The van der Waals surface area contributed by atoms with Gasteiger partial charge in [-0.2, -0.15) is 0 Å². The average molecular weight is 327 g/mol. The van der Waals surface area contributed by atoms with E-state index in [2.05, 4.69) is 30.9 Å². The smallest absolute Gasteiger partial charge is 0.241 e. The second-order valence-electron chi connectivity index (χ2n) is 6.79. The lowest BCUT2D eigenvalue weighted by atomic mass is 9.96. The van der Waals surface area contributed by atoms with Crippen molar-refractivity contribution in [2.75, 3.05) is 38.7 Å². The van der Waals surface area contributed by atoms with Gasteiger partial charge in [0, 0.05) is 37.3 Å². The van der Waals surface area contributed by atoms with Crippen molar-refractivity contribution in [3.8, 4) is 5.75 Å². The molecular formula is C19H25N3O2. The summed E-state index contributed by atoms with van der Waals surface area (Å²) in [7, 11) is 3.53. The van der Waals surface area contributed by atoms with Crippen LogP contribution in [0, 0.1) is 6.92 Å². The molecule has 24 heavy (non-hydrogen) atoms.